The second-order valence-corrected chi connectivity index (χ2v) is 16.8. The van der Waals surface area contributed by atoms with Gasteiger partial charge < -0.3 is 31.3 Å². The molecule has 12 nitrogen and oxygen atoms in total. The number of ether oxygens (including phenoxy) is 1. The van der Waals surface area contributed by atoms with E-state index in [9.17, 15) is 28.8 Å². The molecule has 1 aromatic rings. The Morgan fingerprint density at radius 2 is 1.62 bits per heavy atom. The Morgan fingerprint density at radius 1 is 0.885 bits per heavy atom. The minimum atomic E-state index is -1.18. The molecule has 5 N–H and O–H groups in total. The van der Waals surface area contributed by atoms with Crippen LogP contribution >= 0.6 is 0 Å². The number of carbonyl (C=O) groups is 6. The Bertz CT molecular complexity index is 1490. The lowest BCUT2D eigenvalue weighted by Crippen LogP contribution is -2.64. The third kappa shape index (κ3) is 8.80. The van der Waals surface area contributed by atoms with Crippen LogP contribution in [0.4, 0.5) is 4.79 Å². The van der Waals surface area contributed by atoms with Crippen molar-refractivity contribution in [1.82, 2.24) is 20.9 Å². The van der Waals surface area contributed by atoms with Crippen LogP contribution in [-0.2, 0) is 35.3 Å². The van der Waals surface area contributed by atoms with Crippen LogP contribution in [0, 0.1) is 35.5 Å². The second kappa shape index (κ2) is 16.4. The number of nitrogens with two attached hydrogens (primary N) is 1. The average Bonchev–Trinajstić information content (AvgIpc) is 3.49. The number of Topliss-reactive ketones (excluding diaryl/α,β-unsaturated/α-hetero) is 1. The quantitative estimate of drug-likeness (QED) is 0.156. The molecule has 2 bridgehead atoms. The van der Waals surface area contributed by atoms with E-state index < -0.39 is 53.3 Å². The van der Waals surface area contributed by atoms with E-state index in [1.54, 1.807) is 4.90 Å². The van der Waals surface area contributed by atoms with Gasteiger partial charge in [-0.1, -0.05) is 76.3 Å². The number of benzene rings is 1. The van der Waals surface area contributed by atoms with Crippen LogP contribution in [0.2, 0.25) is 0 Å². The van der Waals surface area contributed by atoms with Gasteiger partial charge in [-0.2, -0.15) is 0 Å². The number of esters is 1. The van der Waals surface area contributed by atoms with E-state index in [1.165, 1.54) is 0 Å². The van der Waals surface area contributed by atoms with Crippen molar-refractivity contribution in [1.29, 1.82) is 0 Å². The Morgan fingerprint density at radius 3 is 2.23 bits per heavy atom. The zero-order chi connectivity index (χ0) is 37.0. The summed E-state index contributed by atoms with van der Waals surface area (Å²) in [6.07, 6.45) is 11.0. The van der Waals surface area contributed by atoms with E-state index in [-0.39, 0.29) is 36.2 Å². The molecule has 4 saturated carbocycles. The standard InChI is InChI=1S/C40H57N5O7/c1-24(2)17-28-20-32(36(48)42-31(19-25-13-14-25)34(46)35(41)47)45(22-28)37(49)33(29-11-7-4-8-12-29)43-39(51)44-40(21-27-15-16-30(40)18-27)38(50)52-23-26-9-5-3-6-10-26/h3,5-6,9-10,24-25,27-33H,4,7-8,11-23H2,1-2H3,(H2,41,47)(H,42,48)(H2,43,44,51)/t27?,28-,30?,31?,32+,33+,40?/m1/s1. The Kier molecular flexibility index (Phi) is 11.9. The summed E-state index contributed by atoms with van der Waals surface area (Å²) in [6.45, 7) is 4.65. The zero-order valence-corrected chi connectivity index (χ0v) is 30.8. The van der Waals surface area contributed by atoms with Crippen LogP contribution < -0.4 is 21.7 Å². The molecule has 1 heterocycles. The highest BCUT2D eigenvalue weighted by molar-refractivity contribution is 6.37. The summed E-state index contributed by atoms with van der Waals surface area (Å²) < 4.78 is 5.84. The molecule has 284 valence electrons. The SMILES string of the molecule is CC(C)C[C@@H]1C[C@@H](C(=O)NC(CC2CC2)C(=O)C(N)=O)N(C(=O)[C@@H](NC(=O)NC2(C(=O)OCc3ccccc3)CC3CCC2C3)C2CCCCC2)C1. The summed E-state index contributed by atoms with van der Waals surface area (Å²) in [5, 5.41) is 8.89. The molecule has 0 radical (unpaired) electrons. The lowest BCUT2D eigenvalue weighted by Gasteiger charge is -2.38. The zero-order valence-electron chi connectivity index (χ0n) is 30.8. The predicted octanol–water partition coefficient (Wildman–Crippen LogP) is 4.14. The highest BCUT2D eigenvalue weighted by Crippen LogP contribution is 2.51. The summed E-state index contributed by atoms with van der Waals surface area (Å²) in [4.78, 5) is 82.9. The minimum Gasteiger partial charge on any atom is -0.459 e. The number of fused-ring (bicyclic) bond motifs is 2. The maximum atomic E-state index is 14.8. The van der Waals surface area contributed by atoms with Crippen LogP contribution in [0.25, 0.3) is 0 Å². The van der Waals surface area contributed by atoms with Crippen molar-refractivity contribution < 1.29 is 33.5 Å². The number of rotatable bonds is 15. The molecular weight excluding hydrogens is 662 g/mol. The fourth-order valence-corrected chi connectivity index (χ4v) is 9.65. The van der Waals surface area contributed by atoms with Gasteiger partial charge >= 0.3 is 12.0 Å². The van der Waals surface area contributed by atoms with E-state index >= 15 is 0 Å². The number of carbonyl (C=O) groups excluding carboxylic acids is 6. The van der Waals surface area contributed by atoms with Gasteiger partial charge in [0.25, 0.3) is 5.91 Å². The number of hydrogen-bond acceptors (Lipinski definition) is 7. The molecule has 4 aliphatic carbocycles. The highest BCUT2D eigenvalue weighted by Gasteiger charge is 2.58. The van der Waals surface area contributed by atoms with Gasteiger partial charge in [0, 0.05) is 6.54 Å². The van der Waals surface area contributed by atoms with Crippen LogP contribution in [0.5, 0.6) is 0 Å². The molecule has 1 aliphatic heterocycles. The van der Waals surface area contributed by atoms with Crippen LogP contribution in [0.1, 0.15) is 109 Å². The molecule has 7 atom stereocenters. The molecule has 1 saturated heterocycles. The first-order valence-electron chi connectivity index (χ1n) is 19.7. The van der Waals surface area contributed by atoms with Crippen molar-refractivity contribution in [3.63, 3.8) is 0 Å². The van der Waals surface area contributed by atoms with Gasteiger partial charge in [-0.25, -0.2) is 9.59 Å². The Hall–Kier alpha value is -3.96. The molecule has 5 aliphatic rings. The van der Waals surface area contributed by atoms with E-state index in [0.717, 1.165) is 76.2 Å². The maximum Gasteiger partial charge on any atom is 0.332 e. The topological polar surface area (TPSA) is 177 Å². The van der Waals surface area contributed by atoms with Gasteiger partial charge in [-0.05, 0) is 98.9 Å². The van der Waals surface area contributed by atoms with Crippen molar-refractivity contribution >= 4 is 35.5 Å². The van der Waals surface area contributed by atoms with Gasteiger partial charge in [0.1, 0.15) is 24.2 Å². The maximum absolute atomic E-state index is 14.8. The van der Waals surface area contributed by atoms with Crippen molar-refractivity contribution in [3.05, 3.63) is 35.9 Å². The summed E-state index contributed by atoms with van der Waals surface area (Å²) in [7, 11) is 0. The van der Waals surface area contributed by atoms with Gasteiger partial charge in [-0.15, -0.1) is 0 Å². The number of hydrogen-bond donors (Lipinski definition) is 4. The van der Waals surface area contributed by atoms with E-state index in [4.69, 9.17) is 10.5 Å². The van der Waals surface area contributed by atoms with Crippen LogP contribution in [0.3, 0.4) is 0 Å². The number of amides is 5. The van der Waals surface area contributed by atoms with Crippen molar-refractivity contribution in [3.8, 4) is 0 Å². The van der Waals surface area contributed by atoms with Gasteiger partial charge in [0.2, 0.25) is 17.6 Å². The molecule has 52 heavy (non-hydrogen) atoms. The first-order chi connectivity index (χ1) is 24.9. The fraction of sp³-hybridized carbons (Fsp3) is 0.700. The molecule has 1 aromatic carbocycles. The van der Waals surface area contributed by atoms with E-state index in [1.807, 2.05) is 30.3 Å². The minimum absolute atomic E-state index is 0.0472. The molecular formula is C40H57N5O7. The molecule has 12 heteroatoms. The third-order valence-electron chi connectivity index (χ3n) is 12.4. The number of ketones is 1. The summed E-state index contributed by atoms with van der Waals surface area (Å²) in [5.74, 6) is -2.42. The second-order valence-electron chi connectivity index (χ2n) is 16.8. The monoisotopic (exact) mass is 719 g/mol. The first kappa shape index (κ1) is 37.8. The largest absolute Gasteiger partial charge is 0.459 e. The molecule has 4 unspecified atom stereocenters. The number of nitrogens with zero attached hydrogens (tertiary/aromatic N) is 1. The Balaban J connectivity index is 1.21. The predicted molar refractivity (Wildman–Crippen MR) is 193 cm³/mol. The van der Waals surface area contributed by atoms with Crippen molar-refractivity contribution in [2.24, 2.45) is 41.2 Å². The number of nitrogens with one attached hydrogen (secondary N) is 3. The first-order valence-corrected chi connectivity index (χ1v) is 19.7. The van der Waals surface area contributed by atoms with Crippen LogP contribution in [-0.4, -0.2) is 70.6 Å². The lowest BCUT2D eigenvalue weighted by molar-refractivity contribution is -0.155. The van der Waals surface area contributed by atoms with Gasteiger partial charge in [-0.3, -0.25) is 19.2 Å². The molecule has 0 aromatic heterocycles. The van der Waals surface area contributed by atoms with Crippen LogP contribution in [0.15, 0.2) is 30.3 Å². The Labute approximate surface area is 307 Å². The number of primary amides is 1. The fourth-order valence-electron chi connectivity index (χ4n) is 9.65. The lowest BCUT2D eigenvalue weighted by atomic mass is 9.80. The normalized spacial score (nSPS) is 28.2. The van der Waals surface area contributed by atoms with Gasteiger partial charge in [0.15, 0.2) is 0 Å². The molecule has 5 fully saturated rings. The van der Waals surface area contributed by atoms with Crippen molar-refractivity contribution in [2.45, 2.75) is 134 Å². The smallest absolute Gasteiger partial charge is 0.332 e. The number of urea groups is 1. The van der Waals surface area contributed by atoms with E-state index in [2.05, 4.69) is 29.8 Å². The summed E-state index contributed by atoms with van der Waals surface area (Å²) in [6, 6.07) is 6.08. The third-order valence-corrected chi connectivity index (χ3v) is 12.4. The van der Waals surface area contributed by atoms with Crippen molar-refractivity contribution in [2.75, 3.05) is 6.54 Å². The van der Waals surface area contributed by atoms with E-state index in [0.29, 0.717) is 37.6 Å². The van der Waals surface area contributed by atoms with Gasteiger partial charge in [0.05, 0.1) is 6.04 Å². The average molecular weight is 720 g/mol. The molecule has 0 spiro atoms. The molecule has 6 rings (SSSR count). The summed E-state index contributed by atoms with van der Waals surface area (Å²) in [5.41, 5.74) is 5.04. The summed E-state index contributed by atoms with van der Waals surface area (Å²) >= 11 is 0. The number of likely N-dealkylation sites (tertiary alicyclic amines) is 1. The highest BCUT2D eigenvalue weighted by atomic mass is 16.5. The molecule has 5 amide bonds.